The lowest BCUT2D eigenvalue weighted by Crippen LogP contribution is -2.01. The minimum atomic E-state index is -1.18. The van der Waals surface area contributed by atoms with E-state index in [4.69, 9.17) is 9.84 Å². The molecule has 16 heavy (non-hydrogen) atoms. The Hall–Kier alpha value is -1.97. The van der Waals surface area contributed by atoms with E-state index in [0.29, 0.717) is 24.3 Å². The molecule has 0 heterocycles. The summed E-state index contributed by atoms with van der Waals surface area (Å²) in [4.78, 5) is 10.9. The summed E-state index contributed by atoms with van der Waals surface area (Å²) in [6.07, 6.45) is 1.99. The molecule has 0 bridgehead atoms. The fraction of sp³-hybridized carbons (Fsp3) is 0.250. The summed E-state index contributed by atoms with van der Waals surface area (Å²) in [5, 5.41) is 18.6. The van der Waals surface area contributed by atoms with E-state index in [1.54, 1.807) is 19.1 Å². The minimum absolute atomic E-state index is 0.150. The van der Waals surface area contributed by atoms with Crippen molar-refractivity contribution in [3.8, 4) is 11.5 Å². The zero-order chi connectivity index (χ0) is 12.1. The van der Waals surface area contributed by atoms with Gasteiger partial charge in [0, 0.05) is 5.56 Å². The van der Waals surface area contributed by atoms with Gasteiger partial charge in [-0.3, -0.25) is 0 Å². The van der Waals surface area contributed by atoms with Crippen LogP contribution in [0.25, 0.3) is 0 Å². The molecule has 1 aromatic carbocycles. The summed E-state index contributed by atoms with van der Waals surface area (Å²) in [7, 11) is 0. The molecule has 0 aliphatic rings. The summed E-state index contributed by atoms with van der Waals surface area (Å²) in [5.74, 6) is -0.963. The van der Waals surface area contributed by atoms with E-state index in [1.165, 1.54) is 6.07 Å². The third kappa shape index (κ3) is 2.53. The highest BCUT2D eigenvalue weighted by Gasteiger charge is 2.15. The van der Waals surface area contributed by atoms with Crippen LogP contribution in [0.5, 0.6) is 11.5 Å². The summed E-state index contributed by atoms with van der Waals surface area (Å²) in [6.45, 7) is 5.80. The molecule has 0 aliphatic heterocycles. The van der Waals surface area contributed by atoms with Crippen molar-refractivity contribution in [3.05, 3.63) is 35.9 Å². The molecule has 0 amide bonds. The summed E-state index contributed by atoms with van der Waals surface area (Å²) in [5.41, 5.74) is 0.348. The number of rotatable bonds is 5. The molecule has 0 saturated carbocycles. The zero-order valence-electron chi connectivity index (χ0n) is 9.06. The molecule has 0 radical (unpaired) electrons. The van der Waals surface area contributed by atoms with Gasteiger partial charge in [0.05, 0.1) is 6.61 Å². The van der Waals surface area contributed by atoms with Gasteiger partial charge in [0.25, 0.3) is 0 Å². The zero-order valence-corrected chi connectivity index (χ0v) is 9.06. The van der Waals surface area contributed by atoms with E-state index in [0.717, 1.165) is 0 Å². The number of aromatic carboxylic acids is 1. The lowest BCUT2D eigenvalue weighted by Gasteiger charge is -2.10. The average Bonchev–Trinajstić information content (AvgIpc) is 2.23. The summed E-state index contributed by atoms with van der Waals surface area (Å²) in [6, 6.07) is 2.93. The Morgan fingerprint density at radius 3 is 2.75 bits per heavy atom. The van der Waals surface area contributed by atoms with Crippen molar-refractivity contribution in [1.82, 2.24) is 0 Å². The fourth-order valence-corrected chi connectivity index (χ4v) is 1.39. The van der Waals surface area contributed by atoms with Crippen LogP contribution in [0.4, 0.5) is 0 Å². The predicted octanol–water partition coefficient (Wildman–Crippen LogP) is 2.22. The van der Waals surface area contributed by atoms with Crippen molar-refractivity contribution in [1.29, 1.82) is 0 Å². The van der Waals surface area contributed by atoms with Gasteiger partial charge < -0.3 is 14.9 Å². The van der Waals surface area contributed by atoms with Crippen LogP contribution in [0.2, 0.25) is 0 Å². The molecule has 1 rings (SSSR count). The molecule has 0 saturated heterocycles. The molecule has 0 aliphatic carbocycles. The van der Waals surface area contributed by atoms with Crippen LogP contribution in [0.1, 0.15) is 22.8 Å². The van der Waals surface area contributed by atoms with Crippen molar-refractivity contribution in [2.45, 2.75) is 13.3 Å². The molecule has 0 atom stereocenters. The van der Waals surface area contributed by atoms with Gasteiger partial charge in [-0.2, -0.15) is 0 Å². The van der Waals surface area contributed by atoms with E-state index >= 15 is 0 Å². The van der Waals surface area contributed by atoms with Gasteiger partial charge in [0.1, 0.15) is 17.1 Å². The maximum atomic E-state index is 10.9. The number of carboxylic acids is 1. The first-order valence-electron chi connectivity index (χ1n) is 4.93. The van der Waals surface area contributed by atoms with Gasteiger partial charge in [-0.1, -0.05) is 6.08 Å². The van der Waals surface area contributed by atoms with E-state index in [2.05, 4.69) is 6.58 Å². The third-order valence-electron chi connectivity index (χ3n) is 2.07. The van der Waals surface area contributed by atoms with Gasteiger partial charge in [-0.15, -0.1) is 6.58 Å². The highest BCUT2D eigenvalue weighted by atomic mass is 16.5. The Bertz CT molecular complexity index is 410. The quantitative estimate of drug-likeness (QED) is 0.749. The number of hydrogen-bond donors (Lipinski definition) is 2. The first kappa shape index (κ1) is 12.1. The van der Waals surface area contributed by atoms with E-state index in [1.807, 2.05) is 0 Å². The molecule has 4 heteroatoms. The van der Waals surface area contributed by atoms with Crippen molar-refractivity contribution in [3.63, 3.8) is 0 Å². The van der Waals surface area contributed by atoms with Crippen LogP contribution in [0, 0.1) is 0 Å². The van der Waals surface area contributed by atoms with Crippen LogP contribution in [-0.2, 0) is 6.42 Å². The first-order valence-corrected chi connectivity index (χ1v) is 4.93. The highest BCUT2D eigenvalue weighted by Crippen LogP contribution is 2.29. The Balaban J connectivity index is 3.26. The number of hydrogen-bond acceptors (Lipinski definition) is 3. The molecule has 0 aromatic heterocycles. The highest BCUT2D eigenvalue weighted by molar-refractivity contribution is 5.91. The molecule has 2 N–H and O–H groups in total. The molecule has 0 fully saturated rings. The lowest BCUT2D eigenvalue weighted by molar-refractivity contribution is 0.0693. The topological polar surface area (TPSA) is 66.8 Å². The smallest absolute Gasteiger partial charge is 0.339 e. The second kappa shape index (κ2) is 5.21. The van der Waals surface area contributed by atoms with E-state index < -0.39 is 5.97 Å². The summed E-state index contributed by atoms with van der Waals surface area (Å²) < 4.78 is 5.23. The largest absolute Gasteiger partial charge is 0.507 e. The molecule has 1 aromatic rings. The van der Waals surface area contributed by atoms with Gasteiger partial charge in [0.15, 0.2) is 0 Å². The second-order valence-electron chi connectivity index (χ2n) is 3.21. The fourth-order valence-electron chi connectivity index (χ4n) is 1.39. The lowest BCUT2D eigenvalue weighted by atomic mass is 10.1. The number of benzene rings is 1. The predicted molar refractivity (Wildman–Crippen MR) is 60.1 cm³/mol. The van der Waals surface area contributed by atoms with Crippen molar-refractivity contribution < 1.29 is 19.7 Å². The third-order valence-corrected chi connectivity index (χ3v) is 2.07. The Labute approximate surface area is 93.8 Å². The number of ether oxygens (including phenoxy) is 1. The molecular weight excluding hydrogens is 208 g/mol. The van der Waals surface area contributed by atoms with Crippen LogP contribution >= 0.6 is 0 Å². The summed E-state index contributed by atoms with van der Waals surface area (Å²) >= 11 is 0. The van der Waals surface area contributed by atoms with Crippen molar-refractivity contribution in [2.24, 2.45) is 0 Å². The van der Waals surface area contributed by atoms with Gasteiger partial charge in [-0.25, -0.2) is 4.79 Å². The molecular formula is C12H14O4. The maximum absolute atomic E-state index is 10.9. The number of carboxylic acid groups (broad SMARTS) is 1. The number of carbonyl (C=O) groups is 1. The number of aromatic hydroxyl groups is 1. The van der Waals surface area contributed by atoms with E-state index in [9.17, 15) is 9.90 Å². The Morgan fingerprint density at radius 2 is 2.25 bits per heavy atom. The normalized spacial score (nSPS) is 9.81. The van der Waals surface area contributed by atoms with Crippen LogP contribution in [0.3, 0.4) is 0 Å². The van der Waals surface area contributed by atoms with Gasteiger partial charge in [0.2, 0.25) is 0 Å². The molecule has 4 nitrogen and oxygen atoms in total. The Kier molecular flexibility index (Phi) is 3.94. The maximum Gasteiger partial charge on any atom is 0.339 e. The van der Waals surface area contributed by atoms with Gasteiger partial charge >= 0.3 is 5.97 Å². The molecule has 86 valence electrons. The van der Waals surface area contributed by atoms with Crippen LogP contribution < -0.4 is 4.74 Å². The number of phenols is 1. The van der Waals surface area contributed by atoms with Crippen LogP contribution in [-0.4, -0.2) is 22.8 Å². The molecule has 0 spiro atoms. The van der Waals surface area contributed by atoms with Crippen molar-refractivity contribution in [2.75, 3.05) is 6.61 Å². The number of allylic oxidation sites excluding steroid dienone is 1. The Morgan fingerprint density at radius 1 is 1.56 bits per heavy atom. The van der Waals surface area contributed by atoms with Crippen LogP contribution in [0.15, 0.2) is 24.8 Å². The minimum Gasteiger partial charge on any atom is -0.507 e. The van der Waals surface area contributed by atoms with Crippen molar-refractivity contribution >= 4 is 5.97 Å². The first-order chi connectivity index (χ1) is 7.60. The second-order valence-corrected chi connectivity index (χ2v) is 3.21. The SMILES string of the molecule is C=CCc1cc(OCC)cc(C(=O)O)c1O. The standard InChI is InChI=1S/C12H14O4/c1-3-5-8-6-9(16-4-2)7-10(11(8)13)12(14)15/h3,6-7,13H,1,4-5H2,2H3,(H,14,15). The monoisotopic (exact) mass is 222 g/mol. The van der Waals surface area contributed by atoms with E-state index in [-0.39, 0.29) is 11.3 Å². The van der Waals surface area contributed by atoms with Gasteiger partial charge in [-0.05, 0) is 25.5 Å². The molecule has 0 unspecified atom stereocenters. The average molecular weight is 222 g/mol.